The smallest absolute Gasteiger partial charge is 0.136 e. The molecule has 0 spiro atoms. The molecule has 0 aliphatic carbocycles. The molecule has 444 valence electrons. The van der Waals surface area contributed by atoms with Crippen LogP contribution >= 0.6 is 22.7 Å². The summed E-state index contributed by atoms with van der Waals surface area (Å²) < 4.78 is 18.0. The second-order valence-electron chi connectivity index (χ2n) is 25.5. The van der Waals surface area contributed by atoms with E-state index >= 15 is 0 Å². The fourth-order valence-electron chi connectivity index (χ4n) is 16.6. The fraction of sp³-hybridized carbons (Fsp3) is 0. The minimum atomic E-state index is 0.940. The minimum absolute atomic E-state index is 0.940. The first kappa shape index (κ1) is 53.6. The van der Waals surface area contributed by atoms with Crippen LogP contribution in [0.15, 0.2) is 324 Å². The molecule has 0 bridgehead atoms. The SMILES string of the molecule is c1cc(-c2c3ccccc3c(-c3cc4cccc5oc6cccc3c6c45)c3ccccc23)cc(-c2cccc3sc4ccccc4c23)c1.c1ccc(-c2cccc3sc4ccccc4c23)c(-c2c3ccccc3c(-c3cc4cccc5oc6cccc3c6c45)c3ccccc23)c1. The lowest BCUT2D eigenvalue weighted by Gasteiger charge is -2.21. The predicted octanol–water partition coefficient (Wildman–Crippen LogP) is 27.7. The van der Waals surface area contributed by atoms with E-state index in [0.717, 1.165) is 22.3 Å². The summed E-state index contributed by atoms with van der Waals surface area (Å²) in [5, 5.41) is 25.1. The first-order valence-electron chi connectivity index (χ1n) is 32.9. The molecule has 22 rings (SSSR count). The Labute approximate surface area is 558 Å². The number of benzene rings is 18. The van der Waals surface area contributed by atoms with E-state index in [0.29, 0.717) is 0 Å². The first-order valence-corrected chi connectivity index (χ1v) is 34.5. The van der Waals surface area contributed by atoms with E-state index in [9.17, 15) is 0 Å². The van der Waals surface area contributed by atoms with E-state index in [2.05, 4.69) is 315 Å². The van der Waals surface area contributed by atoms with Gasteiger partial charge in [0.15, 0.2) is 0 Å². The van der Waals surface area contributed by atoms with Gasteiger partial charge in [0.25, 0.3) is 0 Å². The number of thiophene rings is 2. The lowest BCUT2D eigenvalue weighted by Crippen LogP contribution is -1.93. The zero-order valence-electron chi connectivity index (χ0n) is 51.7. The van der Waals surface area contributed by atoms with Crippen molar-refractivity contribution in [1.29, 1.82) is 0 Å². The molecule has 4 heterocycles. The Kier molecular flexibility index (Phi) is 11.6. The average molecular weight is 1250 g/mol. The Morgan fingerprint density at radius 1 is 0.177 bits per heavy atom. The molecule has 0 amide bonds. The lowest BCUT2D eigenvalue weighted by atomic mass is 9.82. The van der Waals surface area contributed by atoms with Crippen LogP contribution in [0.4, 0.5) is 0 Å². The summed E-state index contributed by atoms with van der Waals surface area (Å²) in [7, 11) is 0. The van der Waals surface area contributed by atoms with Crippen LogP contribution < -0.4 is 0 Å². The summed E-state index contributed by atoms with van der Waals surface area (Å²) in [4.78, 5) is 0. The third-order valence-corrected chi connectivity index (χ3v) is 22.7. The van der Waals surface area contributed by atoms with E-state index in [-0.39, 0.29) is 0 Å². The van der Waals surface area contributed by atoms with Crippen LogP contribution in [-0.2, 0) is 0 Å². The van der Waals surface area contributed by atoms with Gasteiger partial charge in [-0.1, -0.05) is 249 Å². The Bertz CT molecular complexity index is 6860. The number of rotatable bonds is 6. The van der Waals surface area contributed by atoms with Gasteiger partial charge >= 0.3 is 0 Å². The van der Waals surface area contributed by atoms with E-state index in [1.807, 2.05) is 22.7 Å². The molecule has 2 nitrogen and oxygen atoms in total. The van der Waals surface area contributed by atoms with E-state index in [1.54, 1.807) is 0 Å². The molecule has 0 aliphatic rings. The van der Waals surface area contributed by atoms with Crippen LogP contribution in [0.3, 0.4) is 0 Å². The highest BCUT2D eigenvalue weighted by molar-refractivity contribution is 7.26. The van der Waals surface area contributed by atoms with E-state index in [4.69, 9.17) is 8.83 Å². The Hall–Kier alpha value is -11.9. The van der Waals surface area contributed by atoms with Crippen molar-refractivity contribution in [3.8, 4) is 66.8 Å². The normalized spacial score (nSPS) is 12.2. The van der Waals surface area contributed by atoms with Crippen LogP contribution in [0.2, 0.25) is 0 Å². The van der Waals surface area contributed by atoms with Crippen molar-refractivity contribution in [1.82, 2.24) is 0 Å². The molecule has 0 saturated heterocycles. The second kappa shape index (κ2) is 20.8. The molecule has 0 saturated carbocycles. The van der Waals surface area contributed by atoms with Gasteiger partial charge in [-0.05, 0) is 198 Å². The standard InChI is InChI=1S/2C46H26OS/c1-3-16-33-31(14-1)42(28-12-7-11-27(25-28)30-19-10-24-41-45(30)36-18-5-6-23-40(36)48-41)32-15-2-4-17-34(32)44(33)37-26-29-13-8-21-38-43(29)46-35(37)20-9-22-39(46)47-38;1-2-14-29(28(13-1)30-21-11-25-41-45(30)36-19-7-8-24-40(36)48-41)43-31-15-3-5-17-33(31)44(34-18-6-4-16-32(34)43)37-26-27-12-9-22-38-42(27)46-35(37)20-10-23-39(46)47-38/h2*1-26H. The third kappa shape index (κ3) is 7.80. The molecule has 96 heavy (non-hydrogen) atoms. The molecule has 4 heteroatoms. The van der Waals surface area contributed by atoms with Gasteiger partial charge in [0.2, 0.25) is 0 Å². The molecular weight excluding hydrogens is 1200 g/mol. The summed E-state index contributed by atoms with van der Waals surface area (Å²) in [5.41, 5.74) is 18.9. The second-order valence-corrected chi connectivity index (χ2v) is 27.6. The van der Waals surface area contributed by atoms with Crippen LogP contribution in [0.25, 0.3) is 216 Å². The monoisotopic (exact) mass is 1250 g/mol. The van der Waals surface area contributed by atoms with Gasteiger partial charge in [0.1, 0.15) is 22.3 Å². The molecule has 22 aromatic rings. The molecule has 18 aromatic carbocycles. The number of hydrogen-bond donors (Lipinski definition) is 0. The lowest BCUT2D eigenvalue weighted by molar-refractivity contribution is 0.669. The Morgan fingerprint density at radius 2 is 0.500 bits per heavy atom. The van der Waals surface area contributed by atoms with Gasteiger partial charge in [0, 0.05) is 61.9 Å². The molecule has 0 radical (unpaired) electrons. The number of furan rings is 2. The van der Waals surface area contributed by atoms with Crippen LogP contribution in [0, 0.1) is 0 Å². The third-order valence-electron chi connectivity index (χ3n) is 20.4. The van der Waals surface area contributed by atoms with Gasteiger partial charge < -0.3 is 8.83 Å². The largest absolute Gasteiger partial charge is 0.456 e. The fourth-order valence-corrected chi connectivity index (χ4v) is 18.9. The zero-order chi connectivity index (χ0) is 62.7. The van der Waals surface area contributed by atoms with Crippen LogP contribution in [-0.4, -0.2) is 0 Å². The van der Waals surface area contributed by atoms with Gasteiger partial charge in [-0.3, -0.25) is 0 Å². The summed E-state index contributed by atoms with van der Waals surface area (Å²) in [6, 6.07) is 116. The molecular formula is C92H52O2S2. The number of hydrogen-bond acceptors (Lipinski definition) is 4. The average Bonchev–Trinajstić information content (AvgIpc) is 1.25. The van der Waals surface area contributed by atoms with Crippen LogP contribution in [0.1, 0.15) is 0 Å². The highest BCUT2D eigenvalue weighted by Crippen LogP contribution is 2.53. The Morgan fingerprint density at radius 3 is 0.990 bits per heavy atom. The first-order chi connectivity index (χ1) is 47.6. The topological polar surface area (TPSA) is 26.3 Å². The highest BCUT2D eigenvalue weighted by Gasteiger charge is 2.26. The van der Waals surface area contributed by atoms with Crippen LogP contribution in [0.5, 0.6) is 0 Å². The van der Waals surface area contributed by atoms with Crippen molar-refractivity contribution < 1.29 is 8.83 Å². The Balaban J connectivity index is 0.000000127. The van der Waals surface area contributed by atoms with E-state index < -0.39 is 0 Å². The molecule has 0 unspecified atom stereocenters. The summed E-state index contributed by atoms with van der Waals surface area (Å²) >= 11 is 3.75. The predicted molar refractivity (Wildman–Crippen MR) is 413 cm³/mol. The highest BCUT2D eigenvalue weighted by atomic mass is 32.1. The summed E-state index contributed by atoms with van der Waals surface area (Å²) in [6.45, 7) is 0. The maximum Gasteiger partial charge on any atom is 0.136 e. The maximum absolute atomic E-state index is 6.36. The quantitative estimate of drug-likeness (QED) is 0.123. The van der Waals surface area contributed by atoms with Gasteiger partial charge in [0.05, 0.1) is 0 Å². The van der Waals surface area contributed by atoms with Gasteiger partial charge in [-0.25, -0.2) is 0 Å². The van der Waals surface area contributed by atoms with Crippen molar-refractivity contribution in [2.75, 3.05) is 0 Å². The molecule has 4 aromatic heterocycles. The molecule has 0 fully saturated rings. The van der Waals surface area contributed by atoms with E-state index in [1.165, 1.54) is 193 Å². The molecule has 0 N–H and O–H groups in total. The summed E-state index contributed by atoms with van der Waals surface area (Å²) in [5.74, 6) is 0. The van der Waals surface area contributed by atoms with Crippen molar-refractivity contribution in [3.63, 3.8) is 0 Å². The van der Waals surface area contributed by atoms with Crippen molar-refractivity contribution in [2.24, 2.45) is 0 Å². The minimum Gasteiger partial charge on any atom is -0.456 e. The van der Waals surface area contributed by atoms with Gasteiger partial charge in [-0.2, -0.15) is 0 Å². The van der Waals surface area contributed by atoms with Gasteiger partial charge in [-0.15, -0.1) is 22.7 Å². The van der Waals surface area contributed by atoms with Crippen molar-refractivity contribution in [2.45, 2.75) is 0 Å². The molecule has 0 atom stereocenters. The number of fused-ring (bicyclic) bond motifs is 10. The molecule has 0 aliphatic heterocycles. The van der Waals surface area contributed by atoms with Crippen molar-refractivity contribution in [3.05, 3.63) is 315 Å². The van der Waals surface area contributed by atoms with Crippen molar-refractivity contribution >= 4 is 172 Å². The maximum atomic E-state index is 6.36. The zero-order valence-corrected chi connectivity index (χ0v) is 53.3. The summed E-state index contributed by atoms with van der Waals surface area (Å²) in [6.07, 6.45) is 0.